The van der Waals surface area contributed by atoms with E-state index in [0.29, 0.717) is 22.8 Å². The van der Waals surface area contributed by atoms with Gasteiger partial charge in [0.25, 0.3) is 11.6 Å². The summed E-state index contributed by atoms with van der Waals surface area (Å²) in [5.41, 5.74) is 1.26. The summed E-state index contributed by atoms with van der Waals surface area (Å²) in [4.78, 5) is 22.6. The maximum Gasteiger partial charge on any atom is 0.269 e. The van der Waals surface area contributed by atoms with Gasteiger partial charge in [0.1, 0.15) is 24.0 Å². The molecule has 9 heteroatoms. The molecule has 1 amide bonds. The molecule has 0 bridgehead atoms. The topological polar surface area (TPSA) is 128 Å². The Morgan fingerprint density at radius 3 is 2.62 bits per heavy atom. The van der Waals surface area contributed by atoms with Crippen LogP contribution in [0.4, 0.5) is 5.69 Å². The van der Waals surface area contributed by atoms with E-state index in [1.807, 2.05) is 6.07 Å². The highest BCUT2D eigenvalue weighted by atomic mass is 16.6. The molecule has 1 N–H and O–H groups in total. The van der Waals surface area contributed by atoms with E-state index in [1.165, 1.54) is 31.6 Å². The molecule has 0 aliphatic rings. The van der Waals surface area contributed by atoms with E-state index in [-0.39, 0.29) is 24.4 Å². The van der Waals surface area contributed by atoms with Crippen molar-refractivity contribution in [2.75, 3.05) is 7.11 Å². The molecule has 32 heavy (non-hydrogen) atoms. The van der Waals surface area contributed by atoms with Crippen LogP contribution in [0.15, 0.2) is 70.9 Å². The summed E-state index contributed by atoms with van der Waals surface area (Å²) in [7, 11) is 1.48. The fourth-order valence-corrected chi connectivity index (χ4v) is 2.76. The summed E-state index contributed by atoms with van der Waals surface area (Å²) in [6, 6.07) is 16.3. The van der Waals surface area contributed by atoms with E-state index >= 15 is 0 Å². The first-order valence-electron chi connectivity index (χ1n) is 9.46. The Kier molecular flexibility index (Phi) is 7.22. The van der Waals surface area contributed by atoms with Gasteiger partial charge in [0.15, 0.2) is 11.5 Å². The van der Waals surface area contributed by atoms with E-state index < -0.39 is 10.8 Å². The summed E-state index contributed by atoms with van der Waals surface area (Å²) in [6.07, 6.45) is 2.94. The van der Waals surface area contributed by atoms with Crippen LogP contribution >= 0.6 is 0 Å². The monoisotopic (exact) mass is 433 g/mol. The van der Waals surface area contributed by atoms with Gasteiger partial charge in [0.2, 0.25) is 0 Å². The lowest BCUT2D eigenvalue weighted by Crippen LogP contribution is -2.23. The Bertz CT molecular complexity index is 1160. The summed E-state index contributed by atoms with van der Waals surface area (Å²) >= 11 is 0. The first-order chi connectivity index (χ1) is 15.5. The summed E-state index contributed by atoms with van der Waals surface area (Å²) in [5, 5.41) is 22.7. The number of carbonyl (C=O) groups is 1. The molecule has 2 aromatic carbocycles. The van der Waals surface area contributed by atoms with Gasteiger partial charge >= 0.3 is 0 Å². The molecule has 0 aliphatic heterocycles. The predicted molar refractivity (Wildman–Crippen MR) is 115 cm³/mol. The number of nitrogens with one attached hydrogen (secondary N) is 1. The zero-order chi connectivity index (χ0) is 22.9. The molecule has 3 rings (SSSR count). The Balaban J connectivity index is 1.68. The largest absolute Gasteiger partial charge is 0.493 e. The first kappa shape index (κ1) is 22.1. The van der Waals surface area contributed by atoms with Gasteiger partial charge in [0.05, 0.1) is 24.8 Å². The third-order valence-electron chi connectivity index (χ3n) is 4.41. The number of nitro benzene ring substituents is 1. The van der Waals surface area contributed by atoms with Crippen LogP contribution in [0.2, 0.25) is 0 Å². The highest BCUT2D eigenvalue weighted by molar-refractivity contribution is 6.01. The number of nitrogens with zero attached hydrogens (tertiary/aromatic N) is 2. The van der Waals surface area contributed by atoms with E-state index in [9.17, 15) is 20.2 Å². The van der Waals surface area contributed by atoms with E-state index in [0.717, 1.165) is 5.56 Å². The lowest BCUT2D eigenvalue weighted by molar-refractivity contribution is -0.384. The van der Waals surface area contributed by atoms with E-state index in [2.05, 4.69) is 5.32 Å². The van der Waals surface area contributed by atoms with Gasteiger partial charge in [-0.05, 0) is 53.6 Å². The fraction of sp³-hybridized carbons (Fsp3) is 0.130. The third-order valence-corrected chi connectivity index (χ3v) is 4.41. The van der Waals surface area contributed by atoms with Crippen LogP contribution < -0.4 is 14.8 Å². The molecule has 0 atom stereocenters. The molecule has 162 valence electrons. The number of methoxy groups -OCH3 is 1. The van der Waals surface area contributed by atoms with Crippen molar-refractivity contribution < 1.29 is 23.6 Å². The average Bonchev–Trinajstić information content (AvgIpc) is 3.34. The van der Waals surface area contributed by atoms with Crippen LogP contribution in [-0.4, -0.2) is 17.9 Å². The lowest BCUT2D eigenvalue weighted by atomic mass is 10.1. The van der Waals surface area contributed by atoms with Crippen molar-refractivity contribution in [3.8, 4) is 17.6 Å². The third kappa shape index (κ3) is 5.73. The quantitative estimate of drug-likeness (QED) is 0.234. The molecule has 0 unspecified atom stereocenters. The highest BCUT2D eigenvalue weighted by Gasteiger charge is 2.12. The minimum absolute atomic E-state index is 0.00367. The first-order valence-corrected chi connectivity index (χ1v) is 9.46. The second kappa shape index (κ2) is 10.4. The van der Waals surface area contributed by atoms with Crippen LogP contribution in [0.1, 0.15) is 16.9 Å². The number of nitriles is 1. The number of rotatable bonds is 9. The molecular formula is C23H19N3O6. The maximum atomic E-state index is 12.3. The number of benzene rings is 2. The molecule has 0 aliphatic carbocycles. The summed E-state index contributed by atoms with van der Waals surface area (Å²) in [6.45, 7) is 0.353. The smallest absolute Gasteiger partial charge is 0.269 e. The van der Waals surface area contributed by atoms with Gasteiger partial charge in [-0.25, -0.2) is 0 Å². The highest BCUT2D eigenvalue weighted by Crippen LogP contribution is 2.30. The van der Waals surface area contributed by atoms with Crippen LogP contribution in [-0.2, 0) is 17.9 Å². The van der Waals surface area contributed by atoms with Crippen molar-refractivity contribution in [3.63, 3.8) is 0 Å². The molecule has 0 saturated heterocycles. The van der Waals surface area contributed by atoms with Gasteiger partial charge in [-0.3, -0.25) is 14.9 Å². The molecule has 9 nitrogen and oxygen atoms in total. The summed E-state index contributed by atoms with van der Waals surface area (Å²) in [5.74, 6) is 0.908. The van der Waals surface area contributed by atoms with Crippen molar-refractivity contribution in [3.05, 3.63) is 93.4 Å². The van der Waals surface area contributed by atoms with Crippen LogP contribution in [0.25, 0.3) is 6.08 Å². The second-order valence-corrected chi connectivity index (χ2v) is 6.55. The minimum Gasteiger partial charge on any atom is -0.493 e. The van der Waals surface area contributed by atoms with Gasteiger partial charge in [0, 0.05) is 12.1 Å². The number of amides is 1. The standard InChI is InChI=1S/C23H19N3O6/c1-30-22-12-17(11-18(13-24)23(27)25-14-20-3-2-10-31-20)6-9-21(22)32-15-16-4-7-19(8-5-16)26(28)29/h2-12H,14-15H2,1H3,(H,25,27)/b18-11+. The molecule has 0 saturated carbocycles. The number of hydrogen-bond donors (Lipinski definition) is 1. The molecule has 0 spiro atoms. The van der Waals surface area contributed by atoms with Crippen LogP contribution in [0.3, 0.4) is 0 Å². The van der Waals surface area contributed by atoms with Crippen LogP contribution in [0.5, 0.6) is 11.5 Å². The predicted octanol–water partition coefficient (Wildman–Crippen LogP) is 4.00. The molecule has 1 heterocycles. The number of nitro groups is 1. The van der Waals surface area contributed by atoms with Crippen molar-refractivity contribution in [1.82, 2.24) is 5.32 Å². The number of carbonyl (C=O) groups excluding carboxylic acids is 1. The zero-order valence-corrected chi connectivity index (χ0v) is 17.1. The van der Waals surface area contributed by atoms with Gasteiger partial charge in [-0.1, -0.05) is 6.07 Å². The van der Waals surface area contributed by atoms with Crippen molar-refractivity contribution >= 4 is 17.7 Å². The Hall–Kier alpha value is -4.58. The number of ether oxygens (including phenoxy) is 2. The second-order valence-electron chi connectivity index (χ2n) is 6.55. The normalized spacial score (nSPS) is 10.8. The van der Waals surface area contributed by atoms with Crippen molar-refractivity contribution in [2.24, 2.45) is 0 Å². The number of hydrogen-bond acceptors (Lipinski definition) is 7. The van der Waals surface area contributed by atoms with Crippen molar-refractivity contribution in [2.45, 2.75) is 13.2 Å². The van der Waals surface area contributed by atoms with E-state index in [4.69, 9.17) is 13.9 Å². The van der Waals surface area contributed by atoms with E-state index in [1.54, 1.807) is 42.5 Å². The SMILES string of the molecule is COc1cc(/C=C(\C#N)C(=O)NCc2ccco2)ccc1OCc1ccc([N+](=O)[O-])cc1. The Morgan fingerprint density at radius 2 is 2.00 bits per heavy atom. The molecule has 0 fully saturated rings. The zero-order valence-electron chi connectivity index (χ0n) is 17.1. The fourth-order valence-electron chi connectivity index (χ4n) is 2.76. The molecule has 0 radical (unpaired) electrons. The molecular weight excluding hydrogens is 414 g/mol. The van der Waals surface area contributed by atoms with Crippen molar-refractivity contribution in [1.29, 1.82) is 5.26 Å². The molecule has 3 aromatic rings. The summed E-state index contributed by atoms with van der Waals surface area (Å²) < 4.78 is 16.3. The van der Waals surface area contributed by atoms with Gasteiger partial charge in [-0.2, -0.15) is 5.26 Å². The average molecular weight is 433 g/mol. The number of non-ortho nitro benzene ring substituents is 1. The molecule has 1 aromatic heterocycles. The lowest BCUT2D eigenvalue weighted by Gasteiger charge is -2.11. The maximum absolute atomic E-state index is 12.3. The van der Waals surface area contributed by atoms with Gasteiger partial charge in [-0.15, -0.1) is 0 Å². The Morgan fingerprint density at radius 1 is 1.22 bits per heavy atom. The minimum atomic E-state index is -0.527. The number of furan rings is 1. The Labute approximate surface area is 183 Å². The van der Waals surface area contributed by atoms with Crippen LogP contribution in [0, 0.1) is 21.4 Å². The van der Waals surface area contributed by atoms with Gasteiger partial charge < -0.3 is 19.2 Å².